The van der Waals surface area contributed by atoms with Crippen LogP contribution in [0.5, 0.6) is 0 Å². The Hall–Kier alpha value is -1.60. The number of hydrogen-bond donors (Lipinski definition) is 3. The molecular weight excluding hydrogens is 266 g/mol. The highest BCUT2D eigenvalue weighted by Crippen LogP contribution is 2.11. The minimum absolute atomic E-state index is 0.221. The molecule has 0 aliphatic heterocycles. The molecule has 0 atom stereocenters. The number of hydrogen-bond acceptors (Lipinski definition) is 3. The van der Waals surface area contributed by atoms with Crippen LogP contribution in [0.4, 0.5) is 10.5 Å². The Morgan fingerprint density at radius 2 is 1.74 bits per heavy atom. The van der Waals surface area contributed by atoms with Crippen molar-refractivity contribution >= 4 is 21.7 Å². The second kappa shape index (κ2) is 5.58. The normalized spacial score (nSPS) is 12.0. The highest BCUT2D eigenvalue weighted by molar-refractivity contribution is 7.88. The topological polar surface area (TPSA) is 101 Å². The summed E-state index contributed by atoms with van der Waals surface area (Å²) in [6, 6.07) is 6.16. The van der Waals surface area contributed by atoms with E-state index in [1.54, 1.807) is 24.3 Å². The second-order valence-electron chi connectivity index (χ2n) is 5.33. The third-order valence-corrected chi connectivity index (χ3v) is 2.80. The molecule has 7 heteroatoms. The molecule has 1 rings (SSSR count). The van der Waals surface area contributed by atoms with Gasteiger partial charge < -0.3 is 10.6 Å². The fourth-order valence-electron chi connectivity index (χ4n) is 1.42. The number of nitrogens with two attached hydrogens (primary N) is 1. The number of carbonyl (C=O) groups excluding carboxylic acids is 1. The molecule has 0 bridgehead atoms. The Balaban J connectivity index is 2.65. The predicted octanol–water partition coefficient (Wildman–Crippen LogP) is 1.40. The van der Waals surface area contributed by atoms with E-state index in [4.69, 9.17) is 5.14 Å². The van der Waals surface area contributed by atoms with Gasteiger partial charge in [0.05, 0.1) is 5.75 Å². The first-order chi connectivity index (χ1) is 8.55. The zero-order valence-electron chi connectivity index (χ0n) is 11.2. The maximum atomic E-state index is 11.6. The van der Waals surface area contributed by atoms with Gasteiger partial charge in [-0.3, -0.25) is 0 Å². The third-order valence-electron chi connectivity index (χ3n) is 2.07. The van der Waals surface area contributed by atoms with Gasteiger partial charge in [0.15, 0.2) is 0 Å². The first kappa shape index (κ1) is 15.5. The lowest BCUT2D eigenvalue weighted by atomic mass is 10.1. The summed E-state index contributed by atoms with van der Waals surface area (Å²) in [5.41, 5.74) is 0.835. The molecule has 0 radical (unpaired) electrons. The lowest BCUT2D eigenvalue weighted by molar-refractivity contribution is 0.244. The molecule has 0 fully saturated rings. The lowest BCUT2D eigenvalue weighted by Gasteiger charge is -2.20. The summed E-state index contributed by atoms with van der Waals surface area (Å²) in [5, 5.41) is 10.4. The fourth-order valence-corrected chi connectivity index (χ4v) is 2.08. The summed E-state index contributed by atoms with van der Waals surface area (Å²) in [6.45, 7) is 5.63. The monoisotopic (exact) mass is 285 g/mol. The zero-order chi connectivity index (χ0) is 14.7. The first-order valence-electron chi connectivity index (χ1n) is 5.74. The van der Waals surface area contributed by atoms with Crippen molar-refractivity contribution in [3.05, 3.63) is 29.8 Å². The van der Waals surface area contributed by atoms with Gasteiger partial charge in [0.2, 0.25) is 10.0 Å². The van der Waals surface area contributed by atoms with E-state index < -0.39 is 10.0 Å². The van der Waals surface area contributed by atoms with E-state index in [-0.39, 0.29) is 17.3 Å². The van der Waals surface area contributed by atoms with Crippen molar-refractivity contribution in [3.8, 4) is 0 Å². The summed E-state index contributed by atoms with van der Waals surface area (Å²) >= 11 is 0. The van der Waals surface area contributed by atoms with Gasteiger partial charge in [-0.25, -0.2) is 18.4 Å². The predicted molar refractivity (Wildman–Crippen MR) is 75.2 cm³/mol. The molecule has 0 heterocycles. The minimum atomic E-state index is -3.54. The van der Waals surface area contributed by atoms with Gasteiger partial charge in [-0.15, -0.1) is 0 Å². The molecule has 1 aromatic rings. The molecule has 4 N–H and O–H groups in total. The second-order valence-corrected chi connectivity index (χ2v) is 6.95. The fraction of sp³-hybridized carbons (Fsp3) is 0.417. The molecular formula is C12H19N3O3S. The van der Waals surface area contributed by atoms with Gasteiger partial charge in [-0.05, 0) is 38.5 Å². The summed E-state index contributed by atoms with van der Waals surface area (Å²) in [5.74, 6) is -0.221. The van der Waals surface area contributed by atoms with Crippen molar-refractivity contribution in [2.24, 2.45) is 5.14 Å². The Bertz CT molecular complexity index is 545. The lowest BCUT2D eigenvalue weighted by Crippen LogP contribution is -2.43. The van der Waals surface area contributed by atoms with Crippen molar-refractivity contribution in [1.82, 2.24) is 5.32 Å². The van der Waals surface area contributed by atoms with E-state index in [2.05, 4.69) is 10.6 Å². The molecule has 6 nitrogen and oxygen atoms in total. The standard InChI is InChI=1S/C12H19N3O3S/c1-12(2,3)15-11(16)14-10-6-4-9(5-7-10)8-19(13,17)18/h4-7H,8H2,1-3H3,(H2,13,17,18)(H2,14,15,16). The Morgan fingerprint density at radius 3 is 2.16 bits per heavy atom. The molecule has 0 saturated heterocycles. The quantitative estimate of drug-likeness (QED) is 0.782. The molecule has 0 unspecified atom stereocenters. The number of primary sulfonamides is 1. The number of benzene rings is 1. The van der Waals surface area contributed by atoms with Gasteiger partial charge in [-0.2, -0.15) is 0 Å². The van der Waals surface area contributed by atoms with Crippen LogP contribution in [0.15, 0.2) is 24.3 Å². The van der Waals surface area contributed by atoms with Crippen LogP contribution in [0, 0.1) is 0 Å². The Morgan fingerprint density at radius 1 is 1.21 bits per heavy atom. The molecule has 0 aromatic heterocycles. The number of urea groups is 1. The van der Waals surface area contributed by atoms with E-state index in [0.29, 0.717) is 11.3 Å². The molecule has 1 aromatic carbocycles. The number of anilines is 1. The van der Waals surface area contributed by atoms with Gasteiger partial charge >= 0.3 is 6.03 Å². The molecule has 19 heavy (non-hydrogen) atoms. The van der Waals surface area contributed by atoms with Gasteiger partial charge in [0.25, 0.3) is 0 Å². The number of amides is 2. The van der Waals surface area contributed by atoms with Crippen LogP contribution in [0.25, 0.3) is 0 Å². The van der Waals surface area contributed by atoms with Crippen LogP contribution in [0.1, 0.15) is 26.3 Å². The number of nitrogens with one attached hydrogen (secondary N) is 2. The smallest absolute Gasteiger partial charge is 0.319 e. The van der Waals surface area contributed by atoms with E-state index in [1.807, 2.05) is 20.8 Å². The molecule has 0 aliphatic rings. The van der Waals surface area contributed by atoms with Crippen molar-refractivity contribution in [3.63, 3.8) is 0 Å². The largest absolute Gasteiger partial charge is 0.333 e. The van der Waals surface area contributed by atoms with Crippen LogP contribution < -0.4 is 15.8 Å². The summed E-state index contributed by atoms with van der Waals surface area (Å²) in [7, 11) is -3.54. The average molecular weight is 285 g/mol. The van der Waals surface area contributed by atoms with E-state index in [9.17, 15) is 13.2 Å². The van der Waals surface area contributed by atoms with E-state index in [0.717, 1.165) is 0 Å². The highest BCUT2D eigenvalue weighted by atomic mass is 32.2. The molecule has 2 amide bonds. The molecule has 0 spiro atoms. The molecule has 0 saturated carbocycles. The highest BCUT2D eigenvalue weighted by Gasteiger charge is 2.13. The molecule has 0 aliphatic carbocycles. The van der Waals surface area contributed by atoms with Gasteiger partial charge in [0, 0.05) is 11.2 Å². The minimum Gasteiger partial charge on any atom is -0.333 e. The van der Waals surface area contributed by atoms with Crippen molar-refractivity contribution in [1.29, 1.82) is 0 Å². The number of sulfonamides is 1. The van der Waals surface area contributed by atoms with Crippen molar-refractivity contribution in [2.75, 3.05) is 5.32 Å². The average Bonchev–Trinajstić information content (AvgIpc) is 2.15. The number of rotatable bonds is 3. The van der Waals surface area contributed by atoms with Gasteiger partial charge in [-0.1, -0.05) is 12.1 Å². The zero-order valence-corrected chi connectivity index (χ0v) is 12.0. The van der Waals surface area contributed by atoms with E-state index in [1.165, 1.54) is 0 Å². The maximum Gasteiger partial charge on any atom is 0.319 e. The van der Waals surface area contributed by atoms with Crippen LogP contribution in [0.3, 0.4) is 0 Å². The molecule has 106 valence electrons. The SMILES string of the molecule is CC(C)(C)NC(=O)Nc1ccc(CS(N)(=O)=O)cc1. The van der Waals surface area contributed by atoms with Crippen molar-refractivity contribution < 1.29 is 13.2 Å². The third kappa shape index (κ3) is 6.78. The Labute approximate surface area is 113 Å². The summed E-state index contributed by atoms with van der Waals surface area (Å²) < 4.78 is 21.8. The van der Waals surface area contributed by atoms with Crippen LogP contribution in [-0.4, -0.2) is 20.0 Å². The van der Waals surface area contributed by atoms with Crippen LogP contribution in [-0.2, 0) is 15.8 Å². The first-order valence-corrected chi connectivity index (χ1v) is 7.45. The summed E-state index contributed by atoms with van der Waals surface area (Å²) in [6.07, 6.45) is 0. The maximum absolute atomic E-state index is 11.6. The number of carbonyl (C=O) groups is 1. The van der Waals surface area contributed by atoms with Crippen molar-refractivity contribution in [2.45, 2.75) is 32.1 Å². The van der Waals surface area contributed by atoms with E-state index >= 15 is 0 Å². The Kier molecular flexibility index (Phi) is 4.54. The van der Waals surface area contributed by atoms with Crippen LogP contribution >= 0.6 is 0 Å². The van der Waals surface area contributed by atoms with Gasteiger partial charge in [0.1, 0.15) is 0 Å². The summed E-state index contributed by atoms with van der Waals surface area (Å²) in [4.78, 5) is 11.6. The van der Waals surface area contributed by atoms with Crippen LogP contribution in [0.2, 0.25) is 0 Å².